The van der Waals surface area contributed by atoms with E-state index in [-0.39, 0.29) is 0 Å². The van der Waals surface area contributed by atoms with Gasteiger partial charge in [0.15, 0.2) is 0 Å². The number of fused-ring (bicyclic) bond motifs is 1. The summed E-state index contributed by atoms with van der Waals surface area (Å²) in [7, 11) is 1.72. The van der Waals surface area contributed by atoms with Crippen molar-refractivity contribution in [1.82, 2.24) is 14.5 Å². The van der Waals surface area contributed by atoms with E-state index >= 15 is 0 Å². The van der Waals surface area contributed by atoms with Crippen LogP contribution in [0.1, 0.15) is 13.3 Å². The molecule has 0 atom stereocenters. The van der Waals surface area contributed by atoms with E-state index in [4.69, 9.17) is 9.15 Å². The summed E-state index contributed by atoms with van der Waals surface area (Å²) in [5.74, 6) is 1.68. The maximum absolute atomic E-state index is 5.91. The molecular formula is C16H20N4O2. The maximum Gasteiger partial charge on any atom is 0.206 e. The van der Waals surface area contributed by atoms with Crippen molar-refractivity contribution in [2.24, 2.45) is 0 Å². The maximum atomic E-state index is 5.91. The van der Waals surface area contributed by atoms with Gasteiger partial charge in [-0.15, -0.1) is 0 Å². The van der Waals surface area contributed by atoms with Gasteiger partial charge in [-0.2, -0.15) is 0 Å². The Labute approximate surface area is 129 Å². The van der Waals surface area contributed by atoms with Gasteiger partial charge in [0.1, 0.15) is 17.7 Å². The largest absolute Gasteiger partial charge is 0.440 e. The predicted molar refractivity (Wildman–Crippen MR) is 85.5 cm³/mol. The first kappa shape index (κ1) is 14.6. The van der Waals surface area contributed by atoms with E-state index in [2.05, 4.69) is 21.8 Å². The molecule has 0 aliphatic heterocycles. The van der Waals surface area contributed by atoms with Gasteiger partial charge in [0.05, 0.1) is 12.0 Å². The first-order valence-electron chi connectivity index (χ1n) is 7.44. The van der Waals surface area contributed by atoms with Crippen molar-refractivity contribution >= 4 is 16.8 Å². The van der Waals surface area contributed by atoms with Gasteiger partial charge >= 0.3 is 0 Å². The molecule has 0 unspecified atom stereocenters. The fourth-order valence-electron chi connectivity index (χ4n) is 2.50. The number of imidazole rings is 1. The summed E-state index contributed by atoms with van der Waals surface area (Å²) in [5.41, 5.74) is 0.826. The van der Waals surface area contributed by atoms with Crippen LogP contribution in [-0.2, 0) is 4.74 Å². The van der Waals surface area contributed by atoms with Crippen LogP contribution in [0.4, 0.5) is 5.82 Å². The molecule has 0 bridgehead atoms. The zero-order chi connectivity index (χ0) is 15.4. The zero-order valence-electron chi connectivity index (χ0n) is 12.9. The van der Waals surface area contributed by atoms with Gasteiger partial charge < -0.3 is 14.1 Å². The van der Waals surface area contributed by atoms with Crippen molar-refractivity contribution < 1.29 is 9.15 Å². The summed E-state index contributed by atoms with van der Waals surface area (Å²) >= 11 is 0. The summed E-state index contributed by atoms with van der Waals surface area (Å²) in [5, 5.41) is 1.01. The van der Waals surface area contributed by atoms with Crippen LogP contribution in [-0.4, -0.2) is 41.3 Å². The molecule has 3 rings (SSSR count). The Morgan fingerprint density at radius 3 is 2.95 bits per heavy atom. The second-order valence-corrected chi connectivity index (χ2v) is 5.08. The number of furan rings is 1. The Bertz CT molecular complexity index is 721. The van der Waals surface area contributed by atoms with Crippen molar-refractivity contribution in [2.45, 2.75) is 13.3 Å². The van der Waals surface area contributed by atoms with Gasteiger partial charge in [-0.3, -0.25) is 4.57 Å². The quantitative estimate of drug-likeness (QED) is 0.671. The second kappa shape index (κ2) is 6.62. The Morgan fingerprint density at radius 2 is 2.23 bits per heavy atom. The third kappa shape index (κ3) is 2.82. The number of methoxy groups -OCH3 is 1. The van der Waals surface area contributed by atoms with Gasteiger partial charge in [0.2, 0.25) is 5.88 Å². The third-order valence-electron chi connectivity index (χ3n) is 3.53. The smallest absolute Gasteiger partial charge is 0.206 e. The number of aromatic nitrogens is 3. The Balaban J connectivity index is 2.01. The highest BCUT2D eigenvalue weighted by Crippen LogP contribution is 2.29. The molecule has 0 saturated carbocycles. The number of anilines is 1. The lowest BCUT2D eigenvalue weighted by atomic mass is 10.2. The third-order valence-corrected chi connectivity index (χ3v) is 3.53. The number of rotatable bonds is 7. The zero-order valence-corrected chi connectivity index (χ0v) is 12.9. The minimum absolute atomic E-state index is 0.671. The predicted octanol–water partition coefficient (Wildman–Crippen LogP) is 2.88. The van der Waals surface area contributed by atoms with Gasteiger partial charge in [-0.1, -0.05) is 6.92 Å². The normalized spacial score (nSPS) is 11.2. The Hall–Kier alpha value is -2.34. The van der Waals surface area contributed by atoms with Crippen LogP contribution in [0.15, 0.2) is 41.5 Å². The molecule has 6 heteroatoms. The minimum atomic E-state index is 0.671. The second-order valence-electron chi connectivity index (χ2n) is 5.08. The topological polar surface area (TPSA) is 56.3 Å². The molecule has 0 fully saturated rings. The SMILES string of the molecule is CCCN(CCOC)c1nccc2oc(-n3ccnc3)cc12. The van der Waals surface area contributed by atoms with Crippen LogP contribution >= 0.6 is 0 Å². The van der Waals surface area contributed by atoms with Crippen LogP contribution < -0.4 is 4.90 Å². The monoisotopic (exact) mass is 300 g/mol. The van der Waals surface area contributed by atoms with Crippen molar-refractivity contribution in [3.8, 4) is 5.88 Å². The number of hydrogen-bond donors (Lipinski definition) is 0. The van der Waals surface area contributed by atoms with Gasteiger partial charge in [0, 0.05) is 44.9 Å². The molecule has 6 nitrogen and oxygen atoms in total. The molecule has 0 saturated heterocycles. The van der Waals surface area contributed by atoms with Crippen molar-refractivity contribution in [2.75, 3.05) is 31.7 Å². The molecule has 0 aliphatic carbocycles. The molecule has 0 aliphatic rings. The van der Waals surface area contributed by atoms with E-state index < -0.39 is 0 Å². The van der Waals surface area contributed by atoms with Gasteiger partial charge in [0.25, 0.3) is 0 Å². The summed E-state index contributed by atoms with van der Waals surface area (Å²) in [6.45, 7) is 4.57. The molecule has 0 amide bonds. The minimum Gasteiger partial charge on any atom is -0.440 e. The standard InChI is InChI=1S/C16H20N4O2/c1-3-7-19(9-10-21-2)16-13-11-15(20-8-6-17-12-20)22-14(13)4-5-18-16/h4-6,8,11-12H,3,7,9-10H2,1-2H3. The average molecular weight is 300 g/mol. The lowest BCUT2D eigenvalue weighted by molar-refractivity contribution is 0.205. The van der Waals surface area contributed by atoms with Crippen LogP contribution in [0.25, 0.3) is 16.9 Å². The molecule has 3 aromatic rings. The highest BCUT2D eigenvalue weighted by atomic mass is 16.5. The molecule has 3 aromatic heterocycles. The highest BCUT2D eigenvalue weighted by Gasteiger charge is 2.15. The van der Waals surface area contributed by atoms with Gasteiger partial charge in [-0.25, -0.2) is 9.97 Å². The van der Waals surface area contributed by atoms with Crippen LogP contribution in [0.2, 0.25) is 0 Å². The molecule has 116 valence electrons. The number of pyridine rings is 1. The lowest BCUT2D eigenvalue weighted by Crippen LogP contribution is -2.28. The average Bonchev–Trinajstić information content (AvgIpc) is 3.19. The Kier molecular flexibility index (Phi) is 4.39. The van der Waals surface area contributed by atoms with E-state index in [9.17, 15) is 0 Å². The number of nitrogens with zero attached hydrogens (tertiary/aromatic N) is 4. The first-order chi connectivity index (χ1) is 10.8. The van der Waals surface area contributed by atoms with Crippen LogP contribution in [0, 0.1) is 0 Å². The first-order valence-corrected chi connectivity index (χ1v) is 7.44. The van der Waals surface area contributed by atoms with Crippen LogP contribution in [0.3, 0.4) is 0 Å². The van der Waals surface area contributed by atoms with E-state index in [1.165, 1.54) is 0 Å². The molecule has 0 radical (unpaired) electrons. The van der Waals surface area contributed by atoms with E-state index in [1.807, 2.05) is 22.9 Å². The van der Waals surface area contributed by atoms with E-state index in [0.29, 0.717) is 6.61 Å². The molecule has 3 heterocycles. The fraction of sp³-hybridized carbons (Fsp3) is 0.375. The van der Waals surface area contributed by atoms with Crippen molar-refractivity contribution in [3.05, 3.63) is 37.1 Å². The number of hydrogen-bond acceptors (Lipinski definition) is 5. The summed E-state index contributed by atoms with van der Waals surface area (Å²) in [6, 6.07) is 3.90. The lowest BCUT2D eigenvalue weighted by Gasteiger charge is -2.23. The fourth-order valence-corrected chi connectivity index (χ4v) is 2.50. The number of ether oxygens (including phenoxy) is 1. The van der Waals surface area contributed by atoms with E-state index in [1.54, 1.807) is 25.8 Å². The molecule has 22 heavy (non-hydrogen) atoms. The molecular weight excluding hydrogens is 280 g/mol. The van der Waals surface area contributed by atoms with Crippen LogP contribution in [0.5, 0.6) is 0 Å². The Morgan fingerprint density at radius 1 is 1.32 bits per heavy atom. The summed E-state index contributed by atoms with van der Waals surface area (Å²) in [6.07, 6.45) is 8.15. The molecule has 0 aromatic carbocycles. The van der Waals surface area contributed by atoms with E-state index in [0.717, 1.165) is 42.2 Å². The molecule has 0 spiro atoms. The van der Waals surface area contributed by atoms with Crippen molar-refractivity contribution in [1.29, 1.82) is 0 Å². The summed E-state index contributed by atoms with van der Waals surface area (Å²) < 4.78 is 13.0. The van der Waals surface area contributed by atoms with Gasteiger partial charge in [-0.05, 0) is 12.5 Å². The summed E-state index contributed by atoms with van der Waals surface area (Å²) in [4.78, 5) is 10.9. The van der Waals surface area contributed by atoms with Crippen molar-refractivity contribution in [3.63, 3.8) is 0 Å². The molecule has 0 N–H and O–H groups in total. The highest BCUT2D eigenvalue weighted by molar-refractivity contribution is 5.90.